The molecule has 0 radical (unpaired) electrons. The summed E-state index contributed by atoms with van der Waals surface area (Å²) in [7, 11) is 6.51. The predicted molar refractivity (Wildman–Crippen MR) is 471 cm³/mol. The minimum absolute atomic E-state index is 1.17. The lowest BCUT2D eigenvalue weighted by Gasteiger charge is -2.14. The van der Waals surface area contributed by atoms with E-state index in [0.29, 0.717) is 0 Å². The van der Waals surface area contributed by atoms with E-state index in [2.05, 4.69) is 443 Å². The summed E-state index contributed by atoms with van der Waals surface area (Å²) in [6, 6.07) is 143. The molecule has 23 aromatic rings. The third kappa shape index (κ3) is 10.5. The average molecular weight is 1420 g/mol. The van der Waals surface area contributed by atoms with Gasteiger partial charge in [0.15, 0.2) is 0 Å². The second-order valence-electron chi connectivity index (χ2n) is 29.2. The number of rotatable bonds is 8. The van der Waals surface area contributed by atoms with Crippen molar-refractivity contribution in [2.45, 2.75) is 0 Å². The van der Waals surface area contributed by atoms with E-state index in [-0.39, 0.29) is 0 Å². The lowest BCUT2D eigenvalue weighted by molar-refractivity contribution is 1.01. The van der Waals surface area contributed by atoms with Crippen LogP contribution in [-0.2, 0) is 21.1 Å². The summed E-state index contributed by atoms with van der Waals surface area (Å²) >= 11 is 0. The van der Waals surface area contributed by atoms with E-state index >= 15 is 0 Å². The third-order valence-electron chi connectivity index (χ3n) is 23.2. The van der Waals surface area contributed by atoms with Gasteiger partial charge in [0.25, 0.3) is 0 Å². The number of hydrogen-bond donors (Lipinski definition) is 0. The van der Waals surface area contributed by atoms with Gasteiger partial charge in [-0.1, -0.05) is 297 Å². The van der Waals surface area contributed by atoms with Gasteiger partial charge in [0.2, 0.25) is 0 Å². The Morgan fingerprint density at radius 2 is 0.459 bits per heavy atom. The third-order valence-corrected chi connectivity index (χ3v) is 23.2. The number of benzene rings is 17. The fraction of sp³-hybridized carbons (Fsp3) is 0.0286. The molecule has 6 heteroatoms. The van der Waals surface area contributed by atoms with E-state index in [1.807, 2.05) is 0 Å². The number of fused-ring (bicyclic) bond motifs is 21. The van der Waals surface area contributed by atoms with Crippen LogP contribution in [0.5, 0.6) is 0 Å². The van der Waals surface area contributed by atoms with Crippen LogP contribution in [0.15, 0.2) is 394 Å². The summed E-state index contributed by atoms with van der Waals surface area (Å²) in [5.41, 5.74) is 30.8. The van der Waals surface area contributed by atoms with Crippen molar-refractivity contribution < 1.29 is 0 Å². The van der Waals surface area contributed by atoms with Crippen molar-refractivity contribution in [3.05, 3.63) is 394 Å². The molecule has 0 fully saturated rings. The molecule has 0 saturated heterocycles. The highest BCUT2D eigenvalue weighted by Gasteiger charge is 2.24. The number of para-hydroxylation sites is 7. The van der Waals surface area contributed by atoms with E-state index in [4.69, 9.17) is 0 Å². The largest absolute Gasteiger partial charge is 0.344 e. The first-order chi connectivity index (χ1) is 54.9. The van der Waals surface area contributed by atoms with Gasteiger partial charge in [0, 0.05) is 119 Å². The van der Waals surface area contributed by atoms with Crippen molar-refractivity contribution in [2.24, 2.45) is 21.1 Å². The van der Waals surface area contributed by atoms with Gasteiger partial charge in [0.05, 0.1) is 55.3 Å². The van der Waals surface area contributed by atoms with Crippen LogP contribution >= 0.6 is 0 Å². The van der Waals surface area contributed by atoms with Gasteiger partial charge in [-0.25, -0.2) is 0 Å². The van der Waals surface area contributed by atoms with Crippen molar-refractivity contribution in [1.82, 2.24) is 27.4 Å². The zero-order valence-electron chi connectivity index (χ0n) is 61.7. The summed E-state index contributed by atoms with van der Waals surface area (Å²) < 4.78 is 14.3. The molecule has 0 bridgehead atoms. The van der Waals surface area contributed by atoms with Gasteiger partial charge in [-0.3, -0.25) is 0 Å². The van der Waals surface area contributed by atoms with Gasteiger partial charge in [-0.05, 0) is 147 Å². The van der Waals surface area contributed by atoms with Gasteiger partial charge < -0.3 is 27.4 Å². The highest BCUT2D eigenvalue weighted by atomic mass is 15.0. The summed E-state index contributed by atoms with van der Waals surface area (Å²) in [5.74, 6) is 0. The monoisotopic (exact) mass is 1420 g/mol. The highest BCUT2D eigenvalue weighted by molar-refractivity contribution is 6.29. The molecule has 0 N–H and O–H groups in total. The summed E-state index contributed by atoms with van der Waals surface area (Å²) in [6.45, 7) is 0. The van der Waals surface area contributed by atoms with Gasteiger partial charge in [-0.15, -0.1) is 0 Å². The molecule has 0 aliphatic rings. The second kappa shape index (κ2) is 26.5. The van der Waals surface area contributed by atoms with Crippen LogP contribution in [0.25, 0.3) is 204 Å². The molecular formula is C105H74N6. The minimum atomic E-state index is 1.17. The van der Waals surface area contributed by atoms with E-state index in [0.717, 1.165) is 0 Å². The van der Waals surface area contributed by atoms with Crippen LogP contribution in [0.4, 0.5) is 0 Å². The van der Waals surface area contributed by atoms with E-state index in [9.17, 15) is 0 Å². The molecule has 111 heavy (non-hydrogen) atoms. The number of aryl methyl sites for hydroxylation is 3. The fourth-order valence-electron chi connectivity index (χ4n) is 18.1. The summed E-state index contributed by atoms with van der Waals surface area (Å²) in [5, 5.41) is 15.5. The Hall–Kier alpha value is -14.5. The zero-order valence-corrected chi connectivity index (χ0v) is 61.7. The molecule has 0 aliphatic heterocycles. The highest BCUT2D eigenvalue weighted by Crippen LogP contribution is 2.46. The Balaban J connectivity index is 0.000000106. The molecule has 0 unspecified atom stereocenters. The number of aromatic nitrogens is 6. The summed E-state index contributed by atoms with van der Waals surface area (Å²) in [4.78, 5) is 0. The number of nitrogens with zero attached hydrogens (tertiary/aromatic N) is 6. The maximum absolute atomic E-state index is 2.47. The molecule has 524 valence electrons. The van der Waals surface area contributed by atoms with Crippen LogP contribution in [0, 0.1) is 0 Å². The first-order valence-electron chi connectivity index (χ1n) is 38.2. The Bertz CT molecular complexity index is 7590. The van der Waals surface area contributed by atoms with E-state index in [1.165, 1.54) is 204 Å². The first kappa shape index (κ1) is 64.9. The lowest BCUT2D eigenvalue weighted by atomic mass is 9.99. The Labute approximate surface area is 642 Å². The molecule has 6 heterocycles. The van der Waals surface area contributed by atoms with Gasteiger partial charge in [-0.2, -0.15) is 0 Å². The van der Waals surface area contributed by atoms with Crippen LogP contribution in [0.2, 0.25) is 0 Å². The maximum Gasteiger partial charge on any atom is 0.0641 e. The second-order valence-corrected chi connectivity index (χ2v) is 29.2. The molecule has 0 atom stereocenters. The molecule has 0 saturated carbocycles. The van der Waals surface area contributed by atoms with Crippen molar-refractivity contribution >= 4 is 131 Å². The van der Waals surface area contributed by atoms with Crippen LogP contribution in [0.1, 0.15) is 0 Å². The van der Waals surface area contributed by atoms with Crippen molar-refractivity contribution in [3.8, 4) is 72.7 Å². The Morgan fingerprint density at radius 1 is 0.162 bits per heavy atom. The Morgan fingerprint density at radius 3 is 0.892 bits per heavy atom. The lowest BCUT2D eigenvalue weighted by Crippen LogP contribution is -1.97. The van der Waals surface area contributed by atoms with Gasteiger partial charge >= 0.3 is 0 Å². The summed E-state index contributed by atoms with van der Waals surface area (Å²) in [6.07, 6.45) is 0. The quantitative estimate of drug-likeness (QED) is 0.145. The fourth-order valence-corrected chi connectivity index (χ4v) is 18.1. The molecule has 23 rings (SSSR count). The minimum Gasteiger partial charge on any atom is -0.344 e. The smallest absolute Gasteiger partial charge is 0.0641 e. The first-order valence-corrected chi connectivity index (χ1v) is 38.2. The van der Waals surface area contributed by atoms with Crippen molar-refractivity contribution in [1.29, 1.82) is 0 Å². The van der Waals surface area contributed by atoms with Crippen LogP contribution < -0.4 is 0 Å². The zero-order chi connectivity index (χ0) is 73.8. The predicted octanol–water partition coefficient (Wildman–Crippen LogP) is 27.6. The molecule has 6 nitrogen and oxygen atoms in total. The van der Waals surface area contributed by atoms with E-state index in [1.54, 1.807) is 0 Å². The van der Waals surface area contributed by atoms with Crippen LogP contribution in [0.3, 0.4) is 0 Å². The van der Waals surface area contributed by atoms with Crippen molar-refractivity contribution in [3.63, 3.8) is 0 Å². The van der Waals surface area contributed by atoms with Gasteiger partial charge in [0.1, 0.15) is 0 Å². The Kier molecular flexibility index (Phi) is 15.5. The molecule has 6 aromatic heterocycles. The molecule has 0 amide bonds. The maximum atomic E-state index is 2.47. The van der Waals surface area contributed by atoms with Crippen LogP contribution in [-0.4, -0.2) is 27.4 Å². The van der Waals surface area contributed by atoms with Crippen molar-refractivity contribution in [2.75, 3.05) is 0 Å². The molecule has 17 aromatic carbocycles. The SMILES string of the molecule is Cn1c2ccccc2c2c1ccc1c3ccccc3n(-c3ccc(-c4cccc(-c5ccccc5)c4)cc3)c12.Cn1c2ccccc2c2c1ccc1c3ccccc3n(-c3cccc(-c4cccc(-c5ccccc5)c4)c3)c12.Cn1c2ccccc2c2c1ccc1c3ccccc3n(-c3ccccc3-c3ccccc3)c12. The van der Waals surface area contributed by atoms with E-state index < -0.39 is 0 Å². The molecule has 0 aliphatic carbocycles. The topological polar surface area (TPSA) is 29.6 Å². The molecule has 0 spiro atoms. The number of hydrogen-bond acceptors (Lipinski definition) is 0. The average Bonchev–Trinajstić information content (AvgIpc) is 1.56. The standard InChI is InChI=1S/2C37H26N2.C31H22N2/c1-38-33-19-7-6-18-32(33)36-35(38)22-21-31-30-17-5-8-20-34(30)39(37(31)36)29-16-10-15-28(24-29)27-14-9-13-26(23-27)25-11-3-2-4-12-25;1-38-33-16-7-6-15-32(33)36-35(38)23-22-31-30-14-5-8-17-34(30)39(37(31)36)29-20-18-26(19-21-29)28-13-9-12-27(24-28)25-10-3-2-4-11-25;1-32-26-16-8-7-15-25(26)30-29(32)20-19-24-23-14-6-10-18-28(23)33(31(24)30)27-17-9-5-13-22(27)21-11-3-2-4-12-21/h2*2-24H,1H3;2-20H,1H3. The molecular weight excluding hydrogens is 1350 g/mol. The normalized spacial score (nSPS) is 11.7.